The molecule has 0 bridgehead atoms. The quantitative estimate of drug-likeness (QED) is 0.449. The molecular weight excluding hydrogens is 335 g/mol. The van der Waals surface area contributed by atoms with Crippen LogP contribution in [0.4, 0.5) is 0 Å². The van der Waals surface area contributed by atoms with Gasteiger partial charge in [0.1, 0.15) is 12.4 Å². The molecule has 0 saturated heterocycles. The van der Waals surface area contributed by atoms with Crippen molar-refractivity contribution in [2.24, 2.45) is 0 Å². The van der Waals surface area contributed by atoms with Gasteiger partial charge >= 0.3 is 0 Å². The van der Waals surface area contributed by atoms with E-state index in [2.05, 4.69) is 22.6 Å². The highest BCUT2D eigenvalue weighted by atomic mass is 127. The number of hydrogen-bond donors (Lipinski definition) is 0. The SMILES string of the molecule is COC(COc1ccc(C(C)=O)cc1I)OC. The number of carbonyl (C=O) groups is 1. The fourth-order valence-corrected chi connectivity index (χ4v) is 1.90. The fourth-order valence-electron chi connectivity index (χ4n) is 1.23. The lowest BCUT2D eigenvalue weighted by atomic mass is 10.1. The van der Waals surface area contributed by atoms with Gasteiger partial charge in [-0.05, 0) is 47.7 Å². The average Bonchev–Trinajstić information content (AvgIpc) is 2.31. The van der Waals surface area contributed by atoms with Gasteiger partial charge in [0.05, 0.1) is 3.57 Å². The lowest BCUT2D eigenvalue weighted by Gasteiger charge is -2.15. The summed E-state index contributed by atoms with van der Waals surface area (Å²) in [7, 11) is 3.11. The van der Waals surface area contributed by atoms with Crippen molar-refractivity contribution >= 4 is 28.4 Å². The van der Waals surface area contributed by atoms with E-state index in [4.69, 9.17) is 14.2 Å². The molecule has 0 radical (unpaired) electrons. The van der Waals surface area contributed by atoms with Crippen LogP contribution in [-0.2, 0) is 9.47 Å². The Hall–Kier alpha value is -0.660. The molecule has 0 heterocycles. The molecule has 94 valence electrons. The van der Waals surface area contributed by atoms with Crippen molar-refractivity contribution in [2.45, 2.75) is 13.2 Å². The Morgan fingerprint density at radius 3 is 2.47 bits per heavy atom. The van der Waals surface area contributed by atoms with Crippen LogP contribution in [0.1, 0.15) is 17.3 Å². The third-order valence-corrected chi connectivity index (χ3v) is 3.08. The molecule has 0 atom stereocenters. The molecule has 0 N–H and O–H groups in total. The summed E-state index contributed by atoms with van der Waals surface area (Å²) in [6.07, 6.45) is -0.390. The average molecular weight is 350 g/mol. The largest absolute Gasteiger partial charge is 0.487 e. The van der Waals surface area contributed by atoms with Crippen LogP contribution in [0.25, 0.3) is 0 Å². The van der Waals surface area contributed by atoms with E-state index in [0.29, 0.717) is 12.2 Å². The second-order valence-corrected chi connectivity index (χ2v) is 4.58. The number of ether oxygens (including phenoxy) is 3. The Kier molecular flexibility index (Phi) is 5.87. The van der Waals surface area contributed by atoms with E-state index >= 15 is 0 Å². The maximum Gasteiger partial charge on any atom is 0.191 e. The zero-order valence-corrected chi connectivity index (χ0v) is 12.2. The molecule has 0 spiro atoms. The van der Waals surface area contributed by atoms with Crippen LogP contribution >= 0.6 is 22.6 Å². The molecule has 1 rings (SSSR count). The van der Waals surface area contributed by atoms with Gasteiger partial charge in [-0.15, -0.1) is 0 Å². The second kappa shape index (κ2) is 6.93. The zero-order valence-electron chi connectivity index (χ0n) is 10.0. The summed E-state index contributed by atoms with van der Waals surface area (Å²) in [6, 6.07) is 5.32. The monoisotopic (exact) mass is 350 g/mol. The highest BCUT2D eigenvalue weighted by Gasteiger charge is 2.09. The van der Waals surface area contributed by atoms with Gasteiger partial charge in [0.25, 0.3) is 0 Å². The van der Waals surface area contributed by atoms with Crippen molar-refractivity contribution in [3.05, 3.63) is 27.3 Å². The first-order chi connectivity index (χ1) is 8.08. The standard InChI is InChI=1S/C12H15IO4/c1-8(14)9-4-5-11(10(13)6-9)17-7-12(15-2)16-3/h4-6,12H,7H2,1-3H3. The predicted octanol–water partition coefficient (Wildman–Crippen LogP) is 2.49. The first-order valence-electron chi connectivity index (χ1n) is 5.07. The van der Waals surface area contributed by atoms with E-state index in [0.717, 1.165) is 9.32 Å². The van der Waals surface area contributed by atoms with E-state index in [1.165, 1.54) is 6.92 Å². The van der Waals surface area contributed by atoms with E-state index in [1.807, 2.05) is 0 Å². The summed E-state index contributed by atoms with van der Waals surface area (Å²) >= 11 is 2.13. The summed E-state index contributed by atoms with van der Waals surface area (Å²) < 4.78 is 16.5. The van der Waals surface area contributed by atoms with Crippen molar-refractivity contribution in [1.82, 2.24) is 0 Å². The van der Waals surface area contributed by atoms with E-state index < -0.39 is 6.29 Å². The Morgan fingerprint density at radius 1 is 1.35 bits per heavy atom. The van der Waals surface area contributed by atoms with Gasteiger partial charge in [-0.3, -0.25) is 4.79 Å². The number of hydrogen-bond acceptors (Lipinski definition) is 4. The molecule has 1 aromatic carbocycles. The van der Waals surface area contributed by atoms with E-state index in [-0.39, 0.29) is 5.78 Å². The Balaban J connectivity index is 2.69. The predicted molar refractivity (Wildman–Crippen MR) is 72.5 cm³/mol. The van der Waals surface area contributed by atoms with Crippen molar-refractivity contribution in [1.29, 1.82) is 0 Å². The van der Waals surface area contributed by atoms with Gasteiger partial charge in [-0.25, -0.2) is 0 Å². The molecule has 0 unspecified atom stereocenters. The van der Waals surface area contributed by atoms with Gasteiger partial charge in [0, 0.05) is 19.8 Å². The number of benzene rings is 1. The zero-order chi connectivity index (χ0) is 12.8. The molecule has 0 aliphatic rings. The van der Waals surface area contributed by atoms with Crippen molar-refractivity contribution in [3.8, 4) is 5.75 Å². The highest BCUT2D eigenvalue weighted by Crippen LogP contribution is 2.22. The number of halogens is 1. The maximum atomic E-state index is 11.2. The molecule has 0 fully saturated rings. The molecule has 5 heteroatoms. The minimum absolute atomic E-state index is 0.0427. The third kappa shape index (κ3) is 4.25. The normalized spacial score (nSPS) is 10.6. The first-order valence-corrected chi connectivity index (χ1v) is 6.15. The molecule has 0 saturated carbocycles. The lowest BCUT2D eigenvalue weighted by molar-refractivity contribution is -0.122. The summed E-state index contributed by atoms with van der Waals surface area (Å²) in [4.78, 5) is 11.2. The molecule has 17 heavy (non-hydrogen) atoms. The molecule has 0 aliphatic heterocycles. The molecule has 0 aromatic heterocycles. The summed E-state index contributed by atoms with van der Waals surface area (Å²) in [5, 5.41) is 0. The van der Waals surface area contributed by atoms with Crippen LogP contribution in [0.15, 0.2) is 18.2 Å². The number of ketones is 1. The van der Waals surface area contributed by atoms with Crippen LogP contribution in [0, 0.1) is 3.57 Å². The van der Waals surface area contributed by atoms with Crippen molar-refractivity contribution < 1.29 is 19.0 Å². The van der Waals surface area contributed by atoms with Gasteiger partial charge in [0.15, 0.2) is 12.1 Å². The fraction of sp³-hybridized carbons (Fsp3) is 0.417. The van der Waals surface area contributed by atoms with Crippen LogP contribution < -0.4 is 4.74 Å². The molecule has 0 amide bonds. The molecule has 0 aliphatic carbocycles. The van der Waals surface area contributed by atoms with Crippen LogP contribution in [0.2, 0.25) is 0 Å². The van der Waals surface area contributed by atoms with Crippen molar-refractivity contribution in [2.75, 3.05) is 20.8 Å². The Bertz CT molecular complexity index is 388. The number of carbonyl (C=O) groups excluding carboxylic acids is 1. The molecule has 4 nitrogen and oxygen atoms in total. The third-order valence-electron chi connectivity index (χ3n) is 2.24. The molecule has 1 aromatic rings. The van der Waals surface area contributed by atoms with Crippen LogP contribution in [-0.4, -0.2) is 32.9 Å². The maximum absolute atomic E-state index is 11.2. The van der Waals surface area contributed by atoms with Crippen LogP contribution in [0.3, 0.4) is 0 Å². The van der Waals surface area contributed by atoms with Gasteiger partial charge in [-0.1, -0.05) is 0 Å². The number of methoxy groups -OCH3 is 2. The Morgan fingerprint density at radius 2 is 2.00 bits per heavy atom. The molecular formula is C12H15IO4. The summed E-state index contributed by atoms with van der Waals surface area (Å²) in [6.45, 7) is 1.85. The topological polar surface area (TPSA) is 44.8 Å². The van der Waals surface area contributed by atoms with Gasteiger partial charge in [0.2, 0.25) is 0 Å². The minimum atomic E-state index is -0.390. The van der Waals surface area contributed by atoms with E-state index in [1.54, 1.807) is 32.4 Å². The highest BCUT2D eigenvalue weighted by molar-refractivity contribution is 14.1. The minimum Gasteiger partial charge on any atom is -0.487 e. The number of Topliss-reactive ketones (excluding diaryl/α,β-unsaturated/α-hetero) is 1. The smallest absolute Gasteiger partial charge is 0.191 e. The summed E-state index contributed by atoms with van der Waals surface area (Å²) in [5.74, 6) is 0.760. The van der Waals surface area contributed by atoms with E-state index in [9.17, 15) is 4.79 Å². The van der Waals surface area contributed by atoms with Gasteiger partial charge in [-0.2, -0.15) is 0 Å². The second-order valence-electron chi connectivity index (χ2n) is 3.41. The number of rotatable bonds is 6. The summed E-state index contributed by atoms with van der Waals surface area (Å²) in [5.41, 5.74) is 0.678. The Labute approximate surface area is 114 Å². The first kappa shape index (κ1) is 14.4. The lowest BCUT2D eigenvalue weighted by Crippen LogP contribution is -2.22. The van der Waals surface area contributed by atoms with Gasteiger partial charge < -0.3 is 14.2 Å². The van der Waals surface area contributed by atoms with Crippen molar-refractivity contribution in [3.63, 3.8) is 0 Å². The van der Waals surface area contributed by atoms with Crippen LogP contribution in [0.5, 0.6) is 5.75 Å².